The maximum atomic E-state index is 9.83. The second-order valence-corrected chi connectivity index (χ2v) is 4.43. The van der Waals surface area contributed by atoms with Crippen LogP contribution in [0.5, 0.6) is 11.5 Å². The summed E-state index contributed by atoms with van der Waals surface area (Å²) in [5.41, 5.74) is 0.195. The molecule has 0 aliphatic carbocycles. The van der Waals surface area contributed by atoms with E-state index in [1.54, 1.807) is 12.1 Å². The molecular formula is C10H13BrO4S. The van der Waals surface area contributed by atoms with Crippen LogP contribution in [0.25, 0.3) is 0 Å². The number of hydrogen-bond acceptors (Lipinski definition) is 5. The summed E-state index contributed by atoms with van der Waals surface area (Å²) < 4.78 is 5.42. The molecule has 0 aromatic heterocycles. The summed E-state index contributed by atoms with van der Waals surface area (Å²) in [5.74, 6) is 0.137. The SMILES string of the molecule is COc1ccc(Br)c(C(O)C(O)CS)c1O. The molecule has 0 spiro atoms. The Kier molecular flexibility index (Phi) is 4.91. The van der Waals surface area contributed by atoms with Gasteiger partial charge in [0.1, 0.15) is 6.10 Å². The molecule has 4 nitrogen and oxygen atoms in total. The highest BCUT2D eigenvalue weighted by Crippen LogP contribution is 2.39. The van der Waals surface area contributed by atoms with Crippen LogP contribution in [0.4, 0.5) is 0 Å². The number of thiol groups is 1. The van der Waals surface area contributed by atoms with Gasteiger partial charge in [-0.2, -0.15) is 12.6 Å². The second kappa shape index (κ2) is 5.77. The lowest BCUT2D eigenvalue weighted by atomic mass is 10.0. The van der Waals surface area contributed by atoms with Crippen molar-refractivity contribution in [3.05, 3.63) is 22.2 Å². The fourth-order valence-corrected chi connectivity index (χ4v) is 2.06. The van der Waals surface area contributed by atoms with Gasteiger partial charge in [0, 0.05) is 15.8 Å². The van der Waals surface area contributed by atoms with E-state index in [2.05, 4.69) is 28.6 Å². The fourth-order valence-electron chi connectivity index (χ4n) is 1.30. The van der Waals surface area contributed by atoms with Crippen molar-refractivity contribution >= 4 is 28.6 Å². The lowest BCUT2D eigenvalue weighted by Gasteiger charge is -2.19. The van der Waals surface area contributed by atoms with Gasteiger partial charge in [0.05, 0.1) is 13.2 Å². The quantitative estimate of drug-likeness (QED) is 0.636. The molecule has 1 aromatic rings. The molecule has 16 heavy (non-hydrogen) atoms. The smallest absolute Gasteiger partial charge is 0.164 e. The predicted octanol–water partition coefficient (Wildman–Crippen LogP) is 1.49. The Hall–Kier alpha value is -0.430. The molecule has 1 aromatic carbocycles. The highest BCUT2D eigenvalue weighted by Gasteiger charge is 2.24. The Morgan fingerprint density at radius 2 is 2.06 bits per heavy atom. The molecule has 0 bridgehead atoms. The molecule has 2 atom stereocenters. The summed E-state index contributed by atoms with van der Waals surface area (Å²) in [6.07, 6.45) is -2.28. The van der Waals surface area contributed by atoms with Crippen molar-refractivity contribution in [1.82, 2.24) is 0 Å². The monoisotopic (exact) mass is 308 g/mol. The van der Waals surface area contributed by atoms with Crippen LogP contribution < -0.4 is 4.74 Å². The van der Waals surface area contributed by atoms with Gasteiger partial charge in [-0.05, 0) is 12.1 Å². The van der Waals surface area contributed by atoms with Gasteiger partial charge in [-0.1, -0.05) is 15.9 Å². The molecule has 6 heteroatoms. The minimum absolute atomic E-state index is 0.0876. The molecule has 3 N–H and O–H groups in total. The molecule has 0 aliphatic heterocycles. The summed E-state index contributed by atoms with van der Waals surface area (Å²) in [6, 6.07) is 3.19. The van der Waals surface area contributed by atoms with Crippen LogP contribution in [0.15, 0.2) is 16.6 Å². The molecule has 2 unspecified atom stereocenters. The average molecular weight is 309 g/mol. The largest absolute Gasteiger partial charge is 0.504 e. The van der Waals surface area contributed by atoms with Gasteiger partial charge in [0.2, 0.25) is 0 Å². The number of phenolic OH excluding ortho intramolecular Hbond substituents is 1. The van der Waals surface area contributed by atoms with E-state index in [1.165, 1.54) is 7.11 Å². The number of phenols is 1. The Balaban J connectivity index is 3.20. The van der Waals surface area contributed by atoms with E-state index in [4.69, 9.17) is 4.74 Å². The van der Waals surface area contributed by atoms with E-state index in [9.17, 15) is 15.3 Å². The van der Waals surface area contributed by atoms with Crippen LogP contribution in [-0.2, 0) is 0 Å². The second-order valence-electron chi connectivity index (χ2n) is 3.21. The number of halogens is 1. The van der Waals surface area contributed by atoms with Gasteiger partial charge in [-0.15, -0.1) is 0 Å². The van der Waals surface area contributed by atoms with Gasteiger partial charge in [-0.25, -0.2) is 0 Å². The first-order chi connectivity index (χ1) is 7.52. The zero-order chi connectivity index (χ0) is 12.3. The van der Waals surface area contributed by atoms with Crippen molar-refractivity contribution in [3.8, 4) is 11.5 Å². The van der Waals surface area contributed by atoms with Gasteiger partial charge in [-0.3, -0.25) is 0 Å². The summed E-state index contributed by atoms with van der Waals surface area (Å²) in [7, 11) is 1.41. The number of aliphatic hydroxyl groups excluding tert-OH is 2. The third-order valence-corrected chi connectivity index (χ3v) is 3.26. The predicted molar refractivity (Wildman–Crippen MR) is 67.2 cm³/mol. The number of hydrogen-bond donors (Lipinski definition) is 4. The van der Waals surface area contributed by atoms with E-state index in [1.807, 2.05) is 0 Å². The minimum Gasteiger partial charge on any atom is -0.504 e. The number of ether oxygens (including phenoxy) is 1. The number of aliphatic hydroxyl groups is 2. The maximum Gasteiger partial charge on any atom is 0.164 e. The summed E-state index contributed by atoms with van der Waals surface area (Å²) in [6.45, 7) is 0. The van der Waals surface area contributed by atoms with Crippen molar-refractivity contribution < 1.29 is 20.1 Å². The van der Waals surface area contributed by atoms with Crippen LogP contribution in [-0.4, -0.2) is 34.3 Å². The lowest BCUT2D eigenvalue weighted by molar-refractivity contribution is 0.0316. The summed E-state index contributed by atoms with van der Waals surface area (Å²) in [4.78, 5) is 0. The summed E-state index contributed by atoms with van der Waals surface area (Å²) >= 11 is 7.08. The van der Waals surface area contributed by atoms with Crippen molar-refractivity contribution in [1.29, 1.82) is 0 Å². The number of benzene rings is 1. The zero-order valence-electron chi connectivity index (χ0n) is 8.59. The Morgan fingerprint density at radius 1 is 1.44 bits per heavy atom. The van der Waals surface area contributed by atoms with Crippen LogP contribution in [0.1, 0.15) is 11.7 Å². The van der Waals surface area contributed by atoms with Crippen LogP contribution in [0, 0.1) is 0 Å². The van der Waals surface area contributed by atoms with Gasteiger partial charge >= 0.3 is 0 Å². The van der Waals surface area contributed by atoms with Gasteiger partial charge in [0.15, 0.2) is 11.5 Å². The van der Waals surface area contributed by atoms with E-state index in [-0.39, 0.29) is 22.8 Å². The molecule has 0 radical (unpaired) electrons. The normalized spacial score (nSPS) is 14.6. The fraction of sp³-hybridized carbons (Fsp3) is 0.400. The Bertz CT molecular complexity index is 372. The third kappa shape index (κ3) is 2.63. The van der Waals surface area contributed by atoms with Crippen LogP contribution in [0.2, 0.25) is 0 Å². The molecule has 0 heterocycles. The highest BCUT2D eigenvalue weighted by atomic mass is 79.9. The molecular weight excluding hydrogens is 296 g/mol. The maximum absolute atomic E-state index is 9.83. The first-order valence-electron chi connectivity index (χ1n) is 4.55. The topological polar surface area (TPSA) is 69.9 Å². The molecule has 0 amide bonds. The molecule has 1 rings (SSSR count). The zero-order valence-corrected chi connectivity index (χ0v) is 11.1. The highest BCUT2D eigenvalue weighted by molar-refractivity contribution is 9.10. The molecule has 0 saturated carbocycles. The van der Waals surface area contributed by atoms with Crippen molar-refractivity contribution in [2.45, 2.75) is 12.2 Å². The van der Waals surface area contributed by atoms with Gasteiger partial charge < -0.3 is 20.1 Å². The number of aromatic hydroxyl groups is 1. The van der Waals surface area contributed by atoms with Crippen molar-refractivity contribution in [3.63, 3.8) is 0 Å². The van der Waals surface area contributed by atoms with Crippen LogP contribution in [0.3, 0.4) is 0 Å². The molecule has 0 aliphatic rings. The summed E-state index contributed by atoms with van der Waals surface area (Å²) in [5, 5.41) is 29.2. The Labute approximate surface area is 107 Å². The van der Waals surface area contributed by atoms with E-state index in [0.29, 0.717) is 4.47 Å². The molecule has 0 fully saturated rings. The van der Waals surface area contributed by atoms with Crippen molar-refractivity contribution in [2.24, 2.45) is 0 Å². The van der Waals surface area contributed by atoms with Crippen molar-refractivity contribution in [2.75, 3.05) is 12.9 Å². The standard InChI is InChI=1S/C10H13BrO4S/c1-15-7-3-2-5(11)8(10(7)14)9(13)6(12)4-16/h2-3,6,9,12-14,16H,4H2,1H3. The first-order valence-corrected chi connectivity index (χ1v) is 5.97. The number of rotatable bonds is 4. The molecule has 0 saturated heterocycles. The minimum atomic E-state index is -1.22. The average Bonchev–Trinajstić information content (AvgIpc) is 2.28. The Morgan fingerprint density at radius 3 is 2.56 bits per heavy atom. The van der Waals surface area contributed by atoms with Crippen LogP contribution >= 0.6 is 28.6 Å². The first kappa shape index (κ1) is 13.6. The van der Waals surface area contributed by atoms with E-state index < -0.39 is 12.2 Å². The molecule has 90 valence electrons. The van der Waals surface area contributed by atoms with Gasteiger partial charge in [0.25, 0.3) is 0 Å². The lowest BCUT2D eigenvalue weighted by Crippen LogP contribution is -2.20. The number of methoxy groups -OCH3 is 1. The third-order valence-electron chi connectivity index (χ3n) is 2.19. The van der Waals surface area contributed by atoms with E-state index >= 15 is 0 Å². The van der Waals surface area contributed by atoms with E-state index in [0.717, 1.165) is 0 Å².